The molecule has 7 nitrogen and oxygen atoms in total. The van der Waals surface area contributed by atoms with Gasteiger partial charge in [-0.1, -0.05) is 58.0 Å². The summed E-state index contributed by atoms with van der Waals surface area (Å²) in [5.41, 5.74) is 1.01. The first kappa shape index (κ1) is 30.3. The quantitative estimate of drug-likeness (QED) is 0.379. The van der Waals surface area contributed by atoms with Crippen molar-refractivity contribution in [1.82, 2.24) is 0 Å². The molecule has 224 valence electrons. The van der Waals surface area contributed by atoms with Gasteiger partial charge in [0.25, 0.3) is 0 Å². The Morgan fingerprint density at radius 3 is 2.45 bits per heavy atom. The Balaban J connectivity index is 1.38. The van der Waals surface area contributed by atoms with Crippen LogP contribution in [-0.4, -0.2) is 70.0 Å². The van der Waals surface area contributed by atoms with Crippen molar-refractivity contribution in [2.24, 2.45) is 5.92 Å². The van der Waals surface area contributed by atoms with Gasteiger partial charge in [-0.2, -0.15) is 0 Å². The largest absolute Gasteiger partial charge is 0.411 e. The number of carbonyl (C=O) groups is 1. The smallest absolute Gasteiger partial charge is 0.192 e. The molecule has 40 heavy (non-hydrogen) atoms. The topological polar surface area (TPSA) is 72.5 Å². The molecule has 4 fully saturated rings. The average Bonchev–Trinajstić information content (AvgIpc) is 3.03. The number of Topliss-reactive ketones (excluding diaryl/α,β-unsaturated/α-hetero) is 1. The minimum Gasteiger partial charge on any atom is -0.411 e. The van der Waals surface area contributed by atoms with E-state index in [0.717, 1.165) is 44.3 Å². The van der Waals surface area contributed by atoms with Gasteiger partial charge in [0.05, 0.1) is 37.1 Å². The number of rotatable bonds is 5. The molecule has 0 N–H and O–H groups in total. The van der Waals surface area contributed by atoms with Gasteiger partial charge in [-0.15, -0.1) is 0 Å². The molecule has 1 aromatic rings. The first-order valence-electron chi connectivity index (χ1n) is 15.5. The summed E-state index contributed by atoms with van der Waals surface area (Å²) in [6, 6.07) is 10.1. The Bertz CT molecular complexity index is 979. The van der Waals surface area contributed by atoms with E-state index in [1.165, 1.54) is 0 Å². The van der Waals surface area contributed by atoms with Crippen LogP contribution >= 0.6 is 0 Å². The SMILES string of the molecule is C[C@@H]1C[C@@H](O[Si](C)(C)C(C)(C)C)[C@H](C[C@H]2O[C@H]3CCCO[C@@H]3CCCC2=O)O[C@@H]2CO[C@@H](c3ccccc3)O[C@@H]12. The molecule has 0 amide bonds. The minimum absolute atomic E-state index is 0.0341. The molecule has 0 radical (unpaired) electrons. The van der Waals surface area contributed by atoms with E-state index in [2.05, 4.69) is 40.8 Å². The molecule has 8 heteroatoms. The van der Waals surface area contributed by atoms with Gasteiger partial charge in [-0.05, 0) is 56.2 Å². The van der Waals surface area contributed by atoms with Crippen LogP contribution in [0.3, 0.4) is 0 Å². The summed E-state index contributed by atoms with van der Waals surface area (Å²) in [6.07, 6.45) is 3.77. The van der Waals surface area contributed by atoms with Gasteiger partial charge in [0.15, 0.2) is 20.4 Å². The predicted molar refractivity (Wildman–Crippen MR) is 156 cm³/mol. The lowest BCUT2D eigenvalue weighted by Crippen LogP contribution is -2.50. The standard InChI is InChI=1S/C32H50O7Si/c1-21-18-28(39-40(5,6)32(2,3)4)27(19-26-23(33)14-10-15-24-25(36-26)16-11-17-34-24)37-29-20-35-31(38-30(21)29)22-12-8-7-9-13-22/h7-9,12-13,21,24-31H,10-11,14-20H2,1-6H3/t21-,24-,25+,26-,27+,28-,29-,30+,31-/m1/s1. The minimum atomic E-state index is -2.13. The normalized spacial score (nSPS) is 38.0. The summed E-state index contributed by atoms with van der Waals surface area (Å²) >= 11 is 0. The number of fused-ring (bicyclic) bond motifs is 2. The Labute approximate surface area is 241 Å². The molecule has 5 rings (SSSR count). The van der Waals surface area contributed by atoms with Gasteiger partial charge >= 0.3 is 0 Å². The van der Waals surface area contributed by atoms with Crippen LogP contribution in [-0.2, 0) is 32.9 Å². The van der Waals surface area contributed by atoms with Crippen LogP contribution in [0.25, 0.3) is 0 Å². The zero-order valence-electron chi connectivity index (χ0n) is 25.3. The number of carbonyl (C=O) groups excluding carboxylic acids is 1. The maximum absolute atomic E-state index is 13.4. The highest BCUT2D eigenvalue weighted by molar-refractivity contribution is 6.74. The van der Waals surface area contributed by atoms with Crippen LogP contribution in [0.4, 0.5) is 0 Å². The molecule has 0 unspecified atom stereocenters. The van der Waals surface area contributed by atoms with E-state index in [1.807, 2.05) is 30.3 Å². The van der Waals surface area contributed by atoms with Crippen molar-refractivity contribution in [3.8, 4) is 0 Å². The highest BCUT2D eigenvalue weighted by Gasteiger charge is 2.48. The fourth-order valence-electron chi connectivity index (χ4n) is 6.36. The fourth-order valence-corrected chi connectivity index (χ4v) is 7.72. The lowest BCUT2D eigenvalue weighted by molar-refractivity contribution is -0.279. The van der Waals surface area contributed by atoms with E-state index >= 15 is 0 Å². The molecule has 0 aliphatic carbocycles. The number of hydrogen-bond donors (Lipinski definition) is 0. The maximum Gasteiger partial charge on any atom is 0.192 e. The van der Waals surface area contributed by atoms with Gasteiger partial charge in [-0.3, -0.25) is 4.79 Å². The van der Waals surface area contributed by atoms with Crippen LogP contribution < -0.4 is 0 Å². The molecule has 4 aliphatic rings. The van der Waals surface area contributed by atoms with Gasteiger partial charge in [0.2, 0.25) is 0 Å². The van der Waals surface area contributed by atoms with E-state index in [4.69, 9.17) is 28.1 Å². The average molecular weight is 575 g/mol. The molecule has 0 aromatic heterocycles. The molecule has 1 aromatic carbocycles. The van der Waals surface area contributed by atoms with E-state index in [-0.39, 0.29) is 53.4 Å². The molecule has 4 heterocycles. The second kappa shape index (κ2) is 12.6. The first-order chi connectivity index (χ1) is 19.0. The molecule has 0 spiro atoms. The summed E-state index contributed by atoms with van der Waals surface area (Å²) in [5, 5.41) is 0.0527. The molecular formula is C32H50O7Si. The summed E-state index contributed by atoms with van der Waals surface area (Å²) in [5.74, 6) is 0.373. The third kappa shape index (κ3) is 6.91. The number of benzene rings is 1. The monoisotopic (exact) mass is 574 g/mol. The Hall–Kier alpha value is -1.13. The van der Waals surface area contributed by atoms with Crippen molar-refractivity contribution < 1.29 is 32.9 Å². The van der Waals surface area contributed by atoms with Crippen LogP contribution in [0.1, 0.15) is 84.5 Å². The van der Waals surface area contributed by atoms with Crippen molar-refractivity contribution in [3.05, 3.63) is 35.9 Å². The fraction of sp³-hybridized carbons (Fsp3) is 0.781. The zero-order valence-corrected chi connectivity index (χ0v) is 26.3. The molecule has 9 atom stereocenters. The summed E-state index contributed by atoms with van der Waals surface area (Å²) in [7, 11) is -2.13. The van der Waals surface area contributed by atoms with Gasteiger partial charge in [0, 0.05) is 25.0 Å². The Morgan fingerprint density at radius 2 is 1.70 bits per heavy atom. The van der Waals surface area contributed by atoms with Crippen LogP contribution in [0.2, 0.25) is 18.1 Å². The van der Waals surface area contributed by atoms with Gasteiger partial charge in [0.1, 0.15) is 12.2 Å². The van der Waals surface area contributed by atoms with E-state index in [9.17, 15) is 4.79 Å². The highest BCUT2D eigenvalue weighted by atomic mass is 28.4. The first-order valence-corrected chi connectivity index (χ1v) is 18.4. The van der Waals surface area contributed by atoms with Crippen LogP contribution in [0.5, 0.6) is 0 Å². The summed E-state index contributed by atoms with van der Waals surface area (Å²) in [6.45, 7) is 14.8. The maximum atomic E-state index is 13.4. The number of ether oxygens (including phenoxy) is 5. The Morgan fingerprint density at radius 1 is 0.950 bits per heavy atom. The van der Waals surface area contributed by atoms with E-state index < -0.39 is 20.7 Å². The van der Waals surface area contributed by atoms with Gasteiger partial charge < -0.3 is 28.1 Å². The number of hydrogen-bond acceptors (Lipinski definition) is 7. The summed E-state index contributed by atoms with van der Waals surface area (Å²) < 4.78 is 39.4. The molecule has 0 bridgehead atoms. The van der Waals surface area contributed by atoms with Crippen LogP contribution in [0, 0.1) is 5.92 Å². The lowest BCUT2D eigenvalue weighted by Gasteiger charge is -2.42. The number of ketones is 1. The van der Waals surface area contributed by atoms with Gasteiger partial charge in [-0.25, -0.2) is 0 Å². The van der Waals surface area contributed by atoms with Crippen molar-refractivity contribution in [2.75, 3.05) is 13.2 Å². The molecular weight excluding hydrogens is 524 g/mol. The third-order valence-corrected chi connectivity index (χ3v) is 14.3. The second-order valence-corrected chi connectivity index (χ2v) is 18.6. The van der Waals surface area contributed by atoms with Crippen molar-refractivity contribution in [1.29, 1.82) is 0 Å². The summed E-state index contributed by atoms with van der Waals surface area (Å²) in [4.78, 5) is 13.4. The van der Waals surface area contributed by atoms with E-state index in [0.29, 0.717) is 19.4 Å². The molecule has 4 saturated heterocycles. The van der Waals surface area contributed by atoms with Crippen molar-refractivity contribution in [2.45, 2.75) is 140 Å². The third-order valence-electron chi connectivity index (χ3n) is 9.75. The highest BCUT2D eigenvalue weighted by Crippen LogP contribution is 2.42. The van der Waals surface area contributed by atoms with Crippen LogP contribution in [0.15, 0.2) is 30.3 Å². The van der Waals surface area contributed by atoms with Crippen molar-refractivity contribution in [3.63, 3.8) is 0 Å². The zero-order chi connectivity index (χ0) is 28.5. The molecule has 0 saturated carbocycles. The molecule has 4 aliphatic heterocycles. The predicted octanol–water partition coefficient (Wildman–Crippen LogP) is 6.36. The van der Waals surface area contributed by atoms with E-state index in [1.54, 1.807) is 0 Å². The lowest BCUT2D eigenvalue weighted by atomic mass is 9.91. The second-order valence-electron chi connectivity index (χ2n) is 13.8. The Kier molecular flexibility index (Phi) is 9.57. The van der Waals surface area contributed by atoms with Crippen molar-refractivity contribution >= 4 is 14.1 Å².